The van der Waals surface area contributed by atoms with Crippen LogP contribution in [0.4, 0.5) is 5.69 Å². The molecule has 1 saturated carbocycles. The third kappa shape index (κ3) is 3.34. The first-order valence-corrected chi connectivity index (χ1v) is 9.96. The smallest absolute Gasteiger partial charge is 0.223 e. The number of hydrogen-bond donors (Lipinski definition) is 1. The van der Waals surface area contributed by atoms with Gasteiger partial charge in [0.15, 0.2) is 0 Å². The van der Waals surface area contributed by atoms with Gasteiger partial charge in [-0.25, -0.2) is 0 Å². The van der Waals surface area contributed by atoms with E-state index in [9.17, 15) is 9.90 Å². The zero-order valence-corrected chi connectivity index (χ0v) is 15.3. The highest BCUT2D eigenvalue weighted by molar-refractivity contribution is 5.93. The molecule has 3 aliphatic rings. The van der Waals surface area contributed by atoms with Crippen LogP contribution in [-0.2, 0) is 11.2 Å². The van der Waals surface area contributed by atoms with Crippen LogP contribution < -0.4 is 4.90 Å². The summed E-state index contributed by atoms with van der Waals surface area (Å²) in [6.07, 6.45) is 8.50. The quantitative estimate of drug-likeness (QED) is 0.917. The van der Waals surface area contributed by atoms with Gasteiger partial charge in [-0.2, -0.15) is 0 Å². The van der Waals surface area contributed by atoms with E-state index in [1.807, 2.05) is 17.0 Å². The highest BCUT2D eigenvalue weighted by Gasteiger charge is 2.34. The predicted octanol–water partition coefficient (Wildman–Crippen LogP) is 3.28. The van der Waals surface area contributed by atoms with Crippen LogP contribution in [-0.4, -0.2) is 41.6 Å². The summed E-state index contributed by atoms with van der Waals surface area (Å²) < 4.78 is 0. The lowest BCUT2D eigenvalue weighted by atomic mass is 9.78. The molecule has 2 heterocycles. The van der Waals surface area contributed by atoms with Crippen LogP contribution >= 0.6 is 0 Å². The van der Waals surface area contributed by atoms with Gasteiger partial charge in [0.1, 0.15) is 0 Å². The first kappa shape index (κ1) is 17.0. The summed E-state index contributed by atoms with van der Waals surface area (Å²) in [5.41, 5.74) is 3.22. The Kier molecular flexibility index (Phi) is 4.83. The molecule has 0 unspecified atom stereocenters. The Labute approximate surface area is 150 Å². The number of nitrogens with zero attached hydrogens (tertiary/aromatic N) is 2. The largest absolute Gasteiger partial charge is 0.387 e. The van der Waals surface area contributed by atoms with E-state index in [4.69, 9.17) is 0 Å². The Hall–Kier alpha value is -1.39. The lowest BCUT2D eigenvalue weighted by molar-refractivity contribution is -0.116. The summed E-state index contributed by atoms with van der Waals surface area (Å²) in [6, 6.07) is 6.82. The van der Waals surface area contributed by atoms with E-state index in [0.29, 0.717) is 6.04 Å². The fourth-order valence-electron chi connectivity index (χ4n) is 5.24. The van der Waals surface area contributed by atoms with Gasteiger partial charge in [0.2, 0.25) is 5.91 Å². The van der Waals surface area contributed by atoms with Gasteiger partial charge in [0.05, 0.1) is 6.10 Å². The maximum atomic E-state index is 11.7. The first-order valence-electron chi connectivity index (χ1n) is 9.96. The number of amides is 1. The van der Waals surface area contributed by atoms with E-state index in [0.717, 1.165) is 43.2 Å². The molecule has 0 spiro atoms. The van der Waals surface area contributed by atoms with Crippen molar-refractivity contribution in [2.45, 2.75) is 64.0 Å². The number of rotatable bonds is 3. The lowest BCUT2D eigenvalue weighted by Gasteiger charge is -2.44. The molecule has 1 saturated heterocycles. The Bertz CT molecular complexity index is 643. The number of carbonyl (C=O) groups is 1. The molecule has 0 bridgehead atoms. The first-order chi connectivity index (χ1) is 12.1. The van der Waals surface area contributed by atoms with Gasteiger partial charge in [0.25, 0.3) is 0 Å². The third-order valence-corrected chi connectivity index (χ3v) is 6.53. The van der Waals surface area contributed by atoms with Gasteiger partial charge in [0, 0.05) is 31.7 Å². The van der Waals surface area contributed by atoms with Crippen molar-refractivity contribution in [3.05, 3.63) is 29.3 Å². The van der Waals surface area contributed by atoms with E-state index in [-0.39, 0.29) is 5.91 Å². The highest BCUT2D eigenvalue weighted by Crippen LogP contribution is 2.36. The molecule has 1 amide bonds. The number of anilines is 1. The minimum absolute atomic E-state index is 0.101. The van der Waals surface area contributed by atoms with Crippen LogP contribution in [0.5, 0.6) is 0 Å². The van der Waals surface area contributed by atoms with Crippen LogP contribution in [0.2, 0.25) is 0 Å². The van der Waals surface area contributed by atoms with Crippen molar-refractivity contribution < 1.29 is 9.90 Å². The van der Waals surface area contributed by atoms with Crippen molar-refractivity contribution in [3.63, 3.8) is 0 Å². The SMILES string of the molecule is CC(=O)N1CCc2cc([C@H](O)CN3CCC[C@@H]4CCCC[C@H]43)ccc21. The molecule has 1 aromatic carbocycles. The summed E-state index contributed by atoms with van der Waals surface area (Å²) >= 11 is 0. The molecule has 25 heavy (non-hydrogen) atoms. The number of hydrogen-bond acceptors (Lipinski definition) is 3. The van der Waals surface area contributed by atoms with Crippen molar-refractivity contribution in [1.82, 2.24) is 4.90 Å². The van der Waals surface area contributed by atoms with Gasteiger partial charge >= 0.3 is 0 Å². The molecule has 2 fully saturated rings. The monoisotopic (exact) mass is 342 g/mol. The summed E-state index contributed by atoms with van der Waals surface area (Å²) in [5, 5.41) is 10.8. The van der Waals surface area contributed by atoms with Gasteiger partial charge in [-0.1, -0.05) is 25.0 Å². The van der Waals surface area contributed by atoms with Gasteiger partial charge in [-0.05, 0) is 61.8 Å². The second-order valence-corrected chi connectivity index (χ2v) is 8.07. The van der Waals surface area contributed by atoms with E-state index in [1.165, 1.54) is 44.1 Å². The average Bonchev–Trinajstić information content (AvgIpc) is 3.05. The Morgan fingerprint density at radius 3 is 2.84 bits per heavy atom. The number of piperidine rings is 1. The summed E-state index contributed by atoms with van der Waals surface area (Å²) in [7, 11) is 0. The van der Waals surface area contributed by atoms with Gasteiger partial charge in [-0.15, -0.1) is 0 Å². The van der Waals surface area contributed by atoms with Crippen LogP contribution in [0.1, 0.15) is 62.7 Å². The van der Waals surface area contributed by atoms with Gasteiger partial charge < -0.3 is 10.0 Å². The minimum atomic E-state index is -0.433. The molecule has 0 aromatic heterocycles. The molecule has 4 heteroatoms. The van der Waals surface area contributed by atoms with Crippen LogP contribution in [0, 0.1) is 5.92 Å². The molecular formula is C21H30N2O2. The molecule has 4 nitrogen and oxygen atoms in total. The van der Waals surface area contributed by atoms with Crippen LogP contribution in [0.15, 0.2) is 18.2 Å². The molecule has 1 aromatic rings. The summed E-state index contributed by atoms with van der Waals surface area (Å²) in [6.45, 7) is 4.26. The summed E-state index contributed by atoms with van der Waals surface area (Å²) in [4.78, 5) is 16.1. The van der Waals surface area contributed by atoms with Crippen LogP contribution in [0.3, 0.4) is 0 Å². The molecule has 1 N–H and O–H groups in total. The van der Waals surface area contributed by atoms with Crippen molar-refractivity contribution >= 4 is 11.6 Å². The number of aliphatic hydroxyl groups is 1. The fraction of sp³-hybridized carbons (Fsp3) is 0.667. The predicted molar refractivity (Wildman–Crippen MR) is 99.7 cm³/mol. The molecule has 1 aliphatic carbocycles. The minimum Gasteiger partial charge on any atom is -0.387 e. The maximum absolute atomic E-state index is 11.7. The van der Waals surface area contributed by atoms with Gasteiger partial charge in [-0.3, -0.25) is 9.69 Å². The maximum Gasteiger partial charge on any atom is 0.223 e. The molecule has 0 radical (unpaired) electrons. The van der Waals surface area contributed by atoms with Crippen molar-refractivity contribution in [2.24, 2.45) is 5.92 Å². The zero-order valence-electron chi connectivity index (χ0n) is 15.3. The average molecular weight is 342 g/mol. The number of fused-ring (bicyclic) bond motifs is 2. The Morgan fingerprint density at radius 2 is 2.00 bits per heavy atom. The van der Waals surface area contributed by atoms with Crippen molar-refractivity contribution in [3.8, 4) is 0 Å². The Morgan fingerprint density at radius 1 is 1.20 bits per heavy atom. The zero-order chi connectivity index (χ0) is 17.4. The topological polar surface area (TPSA) is 43.8 Å². The molecule has 3 atom stereocenters. The highest BCUT2D eigenvalue weighted by atomic mass is 16.3. The second-order valence-electron chi connectivity index (χ2n) is 8.07. The standard InChI is InChI=1S/C21H30N2O2/c1-15(24)23-12-10-17-13-18(8-9-20(17)23)21(25)14-22-11-4-6-16-5-2-3-7-19(16)22/h8-9,13,16,19,21,25H,2-7,10-12,14H2,1H3/t16-,19+,21+/m0/s1. The number of likely N-dealkylation sites (tertiary alicyclic amines) is 1. The molecule has 136 valence electrons. The molecule has 2 aliphatic heterocycles. The second kappa shape index (κ2) is 7.08. The van der Waals surface area contributed by atoms with E-state index in [1.54, 1.807) is 6.92 Å². The van der Waals surface area contributed by atoms with Crippen molar-refractivity contribution in [2.75, 3.05) is 24.5 Å². The summed E-state index contributed by atoms with van der Waals surface area (Å²) in [5.74, 6) is 0.947. The van der Waals surface area contributed by atoms with Crippen molar-refractivity contribution in [1.29, 1.82) is 0 Å². The van der Waals surface area contributed by atoms with E-state index in [2.05, 4.69) is 11.0 Å². The Balaban J connectivity index is 1.46. The number of β-amino-alcohol motifs (C(OH)–C–C–N with tert-alkyl or cyclic N) is 1. The van der Waals surface area contributed by atoms with E-state index < -0.39 is 6.10 Å². The number of carbonyl (C=O) groups excluding carboxylic acids is 1. The number of aliphatic hydroxyl groups excluding tert-OH is 1. The molecular weight excluding hydrogens is 312 g/mol. The fourth-order valence-corrected chi connectivity index (χ4v) is 5.24. The third-order valence-electron chi connectivity index (χ3n) is 6.53. The number of benzene rings is 1. The van der Waals surface area contributed by atoms with E-state index >= 15 is 0 Å². The normalized spacial score (nSPS) is 27.7. The van der Waals surface area contributed by atoms with Crippen LogP contribution in [0.25, 0.3) is 0 Å². The molecule has 4 rings (SSSR count). The lowest BCUT2D eigenvalue weighted by Crippen LogP contribution is -2.48.